The van der Waals surface area contributed by atoms with Crippen molar-refractivity contribution in [2.75, 3.05) is 5.73 Å². The Morgan fingerprint density at radius 2 is 2.10 bits per heavy atom. The van der Waals surface area contributed by atoms with Crippen LogP contribution in [0.25, 0.3) is 0 Å². The molecule has 0 radical (unpaired) electrons. The van der Waals surface area contributed by atoms with Crippen LogP contribution in [0.5, 0.6) is 0 Å². The summed E-state index contributed by atoms with van der Waals surface area (Å²) in [7, 11) is 0. The van der Waals surface area contributed by atoms with Gasteiger partial charge < -0.3 is 5.73 Å². The van der Waals surface area contributed by atoms with Gasteiger partial charge in [0.1, 0.15) is 0 Å². The summed E-state index contributed by atoms with van der Waals surface area (Å²) in [5, 5.41) is 0. The van der Waals surface area contributed by atoms with Crippen molar-refractivity contribution in [3.05, 3.63) is 21.5 Å². The zero-order valence-corrected chi connectivity index (χ0v) is 6.89. The minimum atomic E-state index is -1.15. The van der Waals surface area contributed by atoms with Gasteiger partial charge in [-0.25, -0.2) is 4.98 Å². The lowest BCUT2D eigenvalue weighted by molar-refractivity contribution is 0.481. The van der Waals surface area contributed by atoms with E-state index in [1.807, 2.05) is 0 Å². The van der Waals surface area contributed by atoms with Gasteiger partial charge in [0.15, 0.2) is 0 Å². The Labute approximate surface area is 69.6 Å². The van der Waals surface area contributed by atoms with Gasteiger partial charge in [-0.2, -0.15) is 8.78 Å². The Kier molecular flexibility index (Phi) is 2.02. The number of rotatable bonds is 0. The number of hydrogen-bond acceptors (Lipinski definition) is 2. The number of nitrogen functional groups attached to an aromatic ring is 1. The average molecular weight is 256 g/mol. The van der Waals surface area contributed by atoms with E-state index in [1.54, 1.807) is 22.6 Å². The Hall–Kier alpha value is -0.460. The fourth-order valence-corrected chi connectivity index (χ4v) is 0.832. The highest BCUT2D eigenvalue weighted by atomic mass is 127. The Morgan fingerprint density at radius 1 is 1.50 bits per heavy atom. The van der Waals surface area contributed by atoms with Crippen LogP contribution in [0.15, 0.2) is 6.20 Å². The SMILES string of the molecule is Nc1c(I)cnc(F)c1F. The maximum absolute atomic E-state index is 12.4. The first-order valence-electron chi connectivity index (χ1n) is 2.38. The van der Waals surface area contributed by atoms with Crippen molar-refractivity contribution in [1.29, 1.82) is 0 Å². The molecule has 1 aromatic heterocycles. The zero-order valence-electron chi connectivity index (χ0n) is 4.74. The molecular weight excluding hydrogens is 253 g/mol. The molecule has 0 aliphatic carbocycles. The molecule has 1 aromatic rings. The molecule has 0 saturated heterocycles. The second kappa shape index (κ2) is 2.65. The first kappa shape index (κ1) is 7.64. The van der Waals surface area contributed by atoms with Crippen LogP contribution >= 0.6 is 22.6 Å². The molecule has 0 atom stereocenters. The fourth-order valence-electron chi connectivity index (χ4n) is 0.456. The molecule has 0 fully saturated rings. The van der Waals surface area contributed by atoms with Crippen LogP contribution in [0, 0.1) is 15.3 Å². The summed E-state index contributed by atoms with van der Waals surface area (Å²) < 4.78 is 25.0. The first-order chi connectivity index (χ1) is 4.63. The van der Waals surface area contributed by atoms with Gasteiger partial charge in [0.2, 0.25) is 5.82 Å². The van der Waals surface area contributed by atoms with Crippen LogP contribution in [-0.2, 0) is 0 Å². The molecule has 0 spiro atoms. The third kappa shape index (κ3) is 1.18. The predicted molar refractivity (Wildman–Crippen MR) is 41.3 cm³/mol. The summed E-state index contributed by atoms with van der Waals surface area (Å²) in [6, 6.07) is 0. The van der Waals surface area contributed by atoms with Crippen molar-refractivity contribution in [1.82, 2.24) is 4.98 Å². The minimum Gasteiger partial charge on any atom is -0.395 e. The average Bonchev–Trinajstić information content (AvgIpc) is 1.93. The molecule has 0 amide bonds. The number of halogens is 3. The van der Waals surface area contributed by atoms with E-state index in [2.05, 4.69) is 4.98 Å². The third-order valence-electron chi connectivity index (χ3n) is 0.966. The number of nitrogens with two attached hydrogens (primary N) is 1. The van der Waals surface area contributed by atoms with E-state index in [1.165, 1.54) is 6.20 Å². The van der Waals surface area contributed by atoms with Gasteiger partial charge in [0, 0.05) is 6.20 Å². The smallest absolute Gasteiger partial charge is 0.251 e. The molecule has 0 unspecified atom stereocenters. The van der Waals surface area contributed by atoms with Gasteiger partial charge in [-0.3, -0.25) is 0 Å². The van der Waals surface area contributed by atoms with Crippen molar-refractivity contribution in [3.63, 3.8) is 0 Å². The van der Waals surface area contributed by atoms with Crippen molar-refractivity contribution in [2.45, 2.75) is 0 Å². The van der Waals surface area contributed by atoms with E-state index in [4.69, 9.17) is 5.73 Å². The highest BCUT2D eigenvalue weighted by Gasteiger charge is 2.08. The Morgan fingerprint density at radius 3 is 2.60 bits per heavy atom. The summed E-state index contributed by atoms with van der Waals surface area (Å²) in [6.07, 6.45) is 1.17. The molecule has 2 nitrogen and oxygen atoms in total. The first-order valence-corrected chi connectivity index (χ1v) is 3.45. The topological polar surface area (TPSA) is 38.9 Å². The van der Waals surface area contributed by atoms with Gasteiger partial charge in [-0.05, 0) is 22.6 Å². The normalized spacial score (nSPS) is 9.90. The number of nitrogens with zero attached hydrogens (tertiary/aromatic N) is 1. The highest BCUT2D eigenvalue weighted by molar-refractivity contribution is 14.1. The highest BCUT2D eigenvalue weighted by Crippen LogP contribution is 2.17. The van der Waals surface area contributed by atoms with E-state index in [0.29, 0.717) is 3.57 Å². The molecule has 5 heteroatoms. The summed E-state index contributed by atoms with van der Waals surface area (Å²) in [6.45, 7) is 0. The van der Waals surface area contributed by atoms with Crippen LogP contribution < -0.4 is 5.73 Å². The van der Waals surface area contributed by atoms with Crippen LogP contribution in [-0.4, -0.2) is 4.98 Å². The maximum Gasteiger partial charge on any atom is 0.251 e. The van der Waals surface area contributed by atoms with Gasteiger partial charge in [0.25, 0.3) is 5.95 Å². The second-order valence-electron chi connectivity index (χ2n) is 1.62. The molecule has 10 heavy (non-hydrogen) atoms. The Bertz CT molecular complexity index is 237. The lowest BCUT2D eigenvalue weighted by Crippen LogP contribution is -1.99. The largest absolute Gasteiger partial charge is 0.395 e. The quantitative estimate of drug-likeness (QED) is 0.565. The van der Waals surface area contributed by atoms with E-state index >= 15 is 0 Å². The summed E-state index contributed by atoms with van der Waals surface area (Å²) in [5.41, 5.74) is 4.93. The van der Waals surface area contributed by atoms with E-state index in [9.17, 15) is 8.78 Å². The van der Waals surface area contributed by atoms with Crippen LogP contribution in [0.1, 0.15) is 0 Å². The lowest BCUT2D eigenvalue weighted by atomic mass is 10.4. The number of hydrogen-bond donors (Lipinski definition) is 1. The Balaban J connectivity index is 3.34. The summed E-state index contributed by atoms with van der Waals surface area (Å²) >= 11 is 1.77. The van der Waals surface area contributed by atoms with Crippen LogP contribution in [0.4, 0.5) is 14.5 Å². The fraction of sp³-hybridized carbons (Fsp3) is 0. The third-order valence-corrected chi connectivity index (χ3v) is 1.83. The van der Waals surface area contributed by atoms with E-state index < -0.39 is 11.8 Å². The van der Waals surface area contributed by atoms with Crippen molar-refractivity contribution < 1.29 is 8.78 Å². The van der Waals surface area contributed by atoms with Gasteiger partial charge in [0.05, 0.1) is 9.26 Å². The number of pyridine rings is 1. The standard InChI is InChI=1S/C5H3F2IN2/c6-3-4(9)2(8)1-10-5(3)7/h1H,(H2,9,10). The van der Waals surface area contributed by atoms with Gasteiger partial charge >= 0.3 is 0 Å². The van der Waals surface area contributed by atoms with Gasteiger partial charge in [-0.15, -0.1) is 0 Å². The molecule has 1 heterocycles. The molecule has 1 rings (SSSR count). The molecule has 0 bridgehead atoms. The molecular formula is C5H3F2IN2. The molecule has 54 valence electrons. The van der Waals surface area contributed by atoms with Crippen LogP contribution in [0.3, 0.4) is 0 Å². The zero-order chi connectivity index (χ0) is 7.72. The van der Waals surface area contributed by atoms with Gasteiger partial charge in [-0.1, -0.05) is 0 Å². The van der Waals surface area contributed by atoms with Crippen molar-refractivity contribution in [2.24, 2.45) is 0 Å². The summed E-state index contributed by atoms with van der Waals surface area (Å²) in [5.74, 6) is -2.23. The maximum atomic E-state index is 12.4. The second-order valence-corrected chi connectivity index (χ2v) is 2.79. The monoisotopic (exact) mass is 256 g/mol. The molecule has 2 N–H and O–H groups in total. The van der Waals surface area contributed by atoms with E-state index in [-0.39, 0.29) is 5.69 Å². The minimum absolute atomic E-state index is 0.187. The lowest BCUT2D eigenvalue weighted by Gasteiger charge is -1.97. The predicted octanol–water partition coefficient (Wildman–Crippen LogP) is 1.55. The molecule has 0 saturated carbocycles. The summed E-state index contributed by atoms with van der Waals surface area (Å²) in [4.78, 5) is 3.11. The number of anilines is 1. The van der Waals surface area contributed by atoms with Crippen molar-refractivity contribution in [3.8, 4) is 0 Å². The molecule has 0 aliphatic rings. The molecule has 0 aromatic carbocycles. The number of aromatic nitrogens is 1. The van der Waals surface area contributed by atoms with Crippen molar-refractivity contribution >= 4 is 28.3 Å². The van der Waals surface area contributed by atoms with E-state index in [0.717, 1.165) is 0 Å². The van der Waals surface area contributed by atoms with Crippen LogP contribution in [0.2, 0.25) is 0 Å². The molecule has 0 aliphatic heterocycles.